The van der Waals surface area contributed by atoms with Crippen LogP contribution < -0.4 is 10.1 Å². The van der Waals surface area contributed by atoms with Gasteiger partial charge in [-0.15, -0.1) is 0 Å². The zero-order valence-electron chi connectivity index (χ0n) is 16.8. The Hall–Kier alpha value is -2.51. The Morgan fingerprint density at radius 2 is 1.78 bits per heavy atom. The normalized spacial score (nSPS) is 11.1. The van der Waals surface area contributed by atoms with Crippen LogP contribution in [0.3, 0.4) is 0 Å². The van der Waals surface area contributed by atoms with Gasteiger partial charge in [0.2, 0.25) is 5.89 Å². The molecule has 164 valence electrons. The van der Waals surface area contributed by atoms with Crippen LogP contribution in [0.1, 0.15) is 11.1 Å². The fourth-order valence-corrected chi connectivity index (χ4v) is 4.04. The lowest BCUT2D eigenvalue weighted by molar-refractivity contribution is -0.118. The van der Waals surface area contributed by atoms with Crippen LogP contribution in [0.4, 0.5) is 5.69 Å². The summed E-state index contributed by atoms with van der Waals surface area (Å²) in [5.41, 5.74) is 3.24. The molecule has 0 radical (unpaired) electrons. The Kier molecular flexibility index (Phi) is 6.49. The van der Waals surface area contributed by atoms with Crippen LogP contribution in [0.2, 0.25) is 20.1 Å². The molecule has 0 bridgehead atoms. The number of nitrogens with zero attached hydrogens (tertiary/aromatic N) is 2. The summed E-state index contributed by atoms with van der Waals surface area (Å²) in [6, 6.07) is 8.45. The number of ether oxygens (including phenoxy) is 1. The lowest BCUT2D eigenvalue weighted by Gasteiger charge is -2.15. The molecule has 0 aliphatic heterocycles. The van der Waals surface area contributed by atoms with Crippen molar-refractivity contribution in [3.05, 3.63) is 67.7 Å². The number of amides is 1. The quantitative estimate of drug-likeness (QED) is 0.308. The molecule has 0 saturated carbocycles. The number of nitrogens with one attached hydrogen (secondary N) is 1. The average Bonchev–Trinajstić information content (AvgIpc) is 3.21. The minimum atomic E-state index is -0.421. The summed E-state index contributed by atoms with van der Waals surface area (Å²) < 4.78 is 11.3. The molecule has 0 saturated heterocycles. The summed E-state index contributed by atoms with van der Waals surface area (Å²) in [4.78, 5) is 21.0. The monoisotopic (exact) mass is 509 g/mol. The van der Waals surface area contributed by atoms with Gasteiger partial charge in [-0.05, 0) is 55.3 Å². The molecule has 4 aromatic rings. The Labute approximate surface area is 203 Å². The Bertz CT molecular complexity index is 1290. The first-order valence-electron chi connectivity index (χ1n) is 9.34. The smallest absolute Gasteiger partial charge is 0.262 e. The van der Waals surface area contributed by atoms with Gasteiger partial charge in [0.15, 0.2) is 23.6 Å². The van der Waals surface area contributed by atoms with Crippen molar-refractivity contribution in [2.75, 3.05) is 11.9 Å². The molecule has 0 unspecified atom stereocenters. The molecule has 1 amide bonds. The van der Waals surface area contributed by atoms with Gasteiger partial charge in [0, 0.05) is 16.9 Å². The third-order valence-corrected chi connectivity index (χ3v) is 6.52. The van der Waals surface area contributed by atoms with E-state index in [4.69, 9.17) is 55.6 Å². The maximum absolute atomic E-state index is 12.5. The van der Waals surface area contributed by atoms with Gasteiger partial charge in [0.25, 0.3) is 5.91 Å². The van der Waals surface area contributed by atoms with E-state index in [0.717, 1.165) is 0 Å². The molecule has 2 heterocycles. The van der Waals surface area contributed by atoms with Crippen LogP contribution in [-0.4, -0.2) is 22.5 Å². The van der Waals surface area contributed by atoms with Gasteiger partial charge < -0.3 is 14.5 Å². The summed E-state index contributed by atoms with van der Waals surface area (Å²) in [6.45, 7) is 3.18. The predicted molar refractivity (Wildman–Crippen MR) is 127 cm³/mol. The standard InChI is InChI=1S/C22H15Cl4N3O3/c1-10-17(24)11(2)19(26)20(18(10)25)31-9-16(30)28-12-5-6-14(23)13(8-12)22-29-21-15(32-22)4-3-7-27-21/h3-8H,9H2,1-2H3,(H,28,30). The van der Waals surface area contributed by atoms with Crippen LogP contribution in [0.5, 0.6) is 5.75 Å². The highest BCUT2D eigenvalue weighted by molar-refractivity contribution is 6.42. The van der Waals surface area contributed by atoms with Crippen molar-refractivity contribution in [2.45, 2.75) is 13.8 Å². The van der Waals surface area contributed by atoms with Gasteiger partial charge >= 0.3 is 0 Å². The van der Waals surface area contributed by atoms with Crippen molar-refractivity contribution in [3.8, 4) is 17.2 Å². The first kappa shape index (κ1) is 22.7. The molecule has 0 fully saturated rings. The number of fused-ring (bicyclic) bond motifs is 1. The first-order valence-corrected chi connectivity index (χ1v) is 10.8. The minimum Gasteiger partial charge on any atom is -0.481 e. The highest BCUT2D eigenvalue weighted by Gasteiger charge is 2.19. The van der Waals surface area contributed by atoms with Crippen LogP contribution in [0.15, 0.2) is 40.9 Å². The van der Waals surface area contributed by atoms with Gasteiger partial charge in [-0.3, -0.25) is 4.79 Å². The molecule has 0 atom stereocenters. The second-order valence-electron chi connectivity index (χ2n) is 6.90. The number of carbonyl (C=O) groups is 1. The maximum atomic E-state index is 12.5. The number of halogens is 4. The zero-order chi connectivity index (χ0) is 23.0. The number of hydrogen-bond donors (Lipinski definition) is 1. The van der Waals surface area contributed by atoms with Crippen molar-refractivity contribution in [1.29, 1.82) is 0 Å². The molecular formula is C22H15Cl4N3O3. The highest BCUT2D eigenvalue weighted by atomic mass is 35.5. The van der Waals surface area contributed by atoms with Crippen LogP contribution in [0.25, 0.3) is 22.7 Å². The Morgan fingerprint density at radius 1 is 1.06 bits per heavy atom. The molecule has 2 aromatic heterocycles. The number of anilines is 1. The van der Waals surface area contributed by atoms with E-state index in [2.05, 4.69) is 15.3 Å². The molecule has 0 aliphatic carbocycles. The van der Waals surface area contributed by atoms with Crippen LogP contribution in [0, 0.1) is 13.8 Å². The van der Waals surface area contributed by atoms with E-state index in [9.17, 15) is 4.79 Å². The first-order chi connectivity index (χ1) is 15.3. The summed E-state index contributed by atoms with van der Waals surface area (Å²) in [6.07, 6.45) is 1.62. The number of oxazole rings is 1. The SMILES string of the molecule is Cc1c(Cl)c(C)c(Cl)c(OCC(=O)Nc2ccc(Cl)c(-c3nc4ncccc4o3)c2)c1Cl. The topological polar surface area (TPSA) is 77.2 Å². The summed E-state index contributed by atoms with van der Waals surface area (Å²) in [5.74, 6) is 0.0790. The summed E-state index contributed by atoms with van der Waals surface area (Å²) in [7, 11) is 0. The molecule has 0 spiro atoms. The molecule has 1 N–H and O–H groups in total. The van der Waals surface area contributed by atoms with Crippen molar-refractivity contribution in [1.82, 2.24) is 9.97 Å². The number of aromatic nitrogens is 2. The third kappa shape index (κ3) is 4.36. The van der Waals surface area contributed by atoms with Gasteiger partial charge in [-0.2, -0.15) is 4.98 Å². The van der Waals surface area contributed by atoms with E-state index in [1.165, 1.54) is 0 Å². The van der Waals surface area contributed by atoms with Gasteiger partial charge in [0.1, 0.15) is 0 Å². The van der Waals surface area contributed by atoms with E-state index in [1.54, 1.807) is 50.4 Å². The highest BCUT2D eigenvalue weighted by Crippen LogP contribution is 2.42. The molecule has 4 rings (SSSR count). The molecule has 2 aromatic carbocycles. The van der Waals surface area contributed by atoms with Gasteiger partial charge in [0.05, 0.1) is 20.6 Å². The third-order valence-electron chi connectivity index (χ3n) is 4.71. The largest absolute Gasteiger partial charge is 0.481 e. The van der Waals surface area contributed by atoms with E-state index < -0.39 is 5.91 Å². The van der Waals surface area contributed by atoms with E-state index >= 15 is 0 Å². The molecule has 6 nitrogen and oxygen atoms in total. The number of carbonyl (C=O) groups excluding carboxylic acids is 1. The number of pyridine rings is 1. The van der Waals surface area contributed by atoms with E-state index in [-0.39, 0.29) is 22.4 Å². The fraction of sp³-hybridized carbons (Fsp3) is 0.136. The molecule has 32 heavy (non-hydrogen) atoms. The average molecular weight is 511 g/mol. The molecule has 0 aliphatic rings. The van der Waals surface area contributed by atoms with Crippen molar-refractivity contribution in [2.24, 2.45) is 0 Å². The summed E-state index contributed by atoms with van der Waals surface area (Å²) in [5, 5.41) is 4.14. The van der Waals surface area contributed by atoms with Crippen LogP contribution in [-0.2, 0) is 4.79 Å². The second kappa shape index (κ2) is 9.16. The van der Waals surface area contributed by atoms with Crippen molar-refractivity contribution in [3.63, 3.8) is 0 Å². The Morgan fingerprint density at radius 3 is 2.47 bits per heavy atom. The predicted octanol–water partition coefficient (Wildman–Crippen LogP) is 7.14. The van der Waals surface area contributed by atoms with E-state index in [1.807, 2.05) is 0 Å². The summed E-state index contributed by atoms with van der Waals surface area (Å²) >= 11 is 25.1. The van der Waals surface area contributed by atoms with Crippen molar-refractivity contribution < 1.29 is 13.9 Å². The number of hydrogen-bond acceptors (Lipinski definition) is 5. The molecule has 10 heteroatoms. The zero-order valence-corrected chi connectivity index (χ0v) is 19.8. The Balaban J connectivity index is 1.52. The van der Waals surface area contributed by atoms with Crippen LogP contribution >= 0.6 is 46.4 Å². The fourth-order valence-electron chi connectivity index (χ4n) is 3.02. The second-order valence-corrected chi connectivity index (χ2v) is 8.44. The number of rotatable bonds is 5. The number of benzene rings is 2. The molecular weight excluding hydrogens is 496 g/mol. The van der Waals surface area contributed by atoms with Crippen molar-refractivity contribution >= 4 is 69.2 Å². The van der Waals surface area contributed by atoms with Gasteiger partial charge in [-0.1, -0.05) is 46.4 Å². The van der Waals surface area contributed by atoms with Gasteiger partial charge in [-0.25, -0.2) is 4.98 Å². The minimum absolute atomic E-state index is 0.207. The maximum Gasteiger partial charge on any atom is 0.262 e. The lowest BCUT2D eigenvalue weighted by atomic mass is 10.1. The lowest BCUT2D eigenvalue weighted by Crippen LogP contribution is -2.20. The van der Waals surface area contributed by atoms with E-state index in [0.29, 0.717) is 49.5 Å².